The van der Waals surface area contributed by atoms with E-state index in [9.17, 15) is 19.2 Å². The van der Waals surface area contributed by atoms with Crippen LogP contribution in [-0.2, 0) is 38.1 Å². The predicted molar refractivity (Wildman–Crippen MR) is 197 cm³/mol. The van der Waals surface area contributed by atoms with E-state index in [0.29, 0.717) is 0 Å². The lowest BCUT2D eigenvalue weighted by Crippen LogP contribution is -3.14. The molecule has 0 aromatic rings. The number of carbonyl (C=O) groups excluding carboxylic acids is 4. The first-order chi connectivity index (χ1) is 23.6. The Morgan fingerprint density at radius 2 is 0.808 bits per heavy atom. The number of ether oxygens (including phenoxy) is 4. The minimum absolute atomic E-state index is 0. The molecule has 2 saturated heterocycles. The first kappa shape index (κ1) is 52.5. The second kappa shape index (κ2) is 29.7. The molecule has 2 unspecified atom stereocenters. The summed E-state index contributed by atoms with van der Waals surface area (Å²) < 4.78 is 21.9. The highest BCUT2D eigenvalue weighted by atomic mass is 35.5. The number of esters is 4. The lowest BCUT2D eigenvalue weighted by Gasteiger charge is -2.26. The van der Waals surface area contributed by atoms with Crippen molar-refractivity contribution in [2.24, 2.45) is 0 Å². The molecule has 0 saturated carbocycles. The van der Waals surface area contributed by atoms with Crippen molar-refractivity contribution in [3.05, 3.63) is 0 Å². The molecule has 0 aliphatic carbocycles. The van der Waals surface area contributed by atoms with Crippen molar-refractivity contribution >= 4 is 23.9 Å². The Labute approximate surface area is 329 Å². The van der Waals surface area contributed by atoms with Crippen LogP contribution < -0.4 is 34.6 Å². The van der Waals surface area contributed by atoms with Crippen molar-refractivity contribution in [2.45, 2.75) is 194 Å². The van der Waals surface area contributed by atoms with E-state index in [-0.39, 0.29) is 87.1 Å². The number of hydrogen-bond acceptors (Lipinski definition) is 8. The quantitative estimate of drug-likeness (QED) is 0.270. The van der Waals surface area contributed by atoms with E-state index in [1.165, 1.54) is 64.2 Å². The minimum atomic E-state index is -0.430. The second-order valence-corrected chi connectivity index (χ2v) is 16.4. The third-order valence-electron chi connectivity index (χ3n) is 9.21. The number of rotatable bonds is 6. The monoisotopic (exact) mass is 782 g/mol. The van der Waals surface area contributed by atoms with Crippen LogP contribution in [0.2, 0.25) is 0 Å². The summed E-state index contributed by atoms with van der Waals surface area (Å²) >= 11 is 0. The SMILES string of the molecule is CC(C)OC(=O)C[NH+]1CCCCCCCCCCC(C)(C)OC(=O)C1.CC(C)OC(=O)C[NH+]1CCCCCCCCCCC(C)(C)OC(=O)C1.[Cl-].[Cl-]. The molecule has 2 heterocycles. The Hall–Kier alpha value is -1.62. The van der Waals surface area contributed by atoms with Gasteiger partial charge in [0.05, 0.1) is 25.3 Å². The van der Waals surface area contributed by atoms with Crippen molar-refractivity contribution in [1.29, 1.82) is 0 Å². The van der Waals surface area contributed by atoms with E-state index in [2.05, 4.69) is 0 Å². The minimum Gasteiger partial charge on any atom is -1.00 e. The van der Waals surface area contributed by atoms with Crippen LogP contribution in [0.3, 0.4) is 0 Å². The van der Waals surface area contributed by atoms with E-state index >= 15 is 0 Å². The first-order valence-corrected chi connectivity index (χ1v) is 20.1. The summed E-state index contributed by atoms with van der Waals surface area (Å²) in [5.74, 6) is -0.913. The smallest absolute Gasteiger partial charge is 0.362 e. The highest BCUT2D eigenvalue weighted by molar-refractivity contribution is 5.73. The second-order valence-electron chi connectivity index (χ2n) is 16.4. The summed E-state index contributed by atoms with van der Waals surface area (Å²) in [4.78, 5) is 50.6. The molecule has 52 heavy (non-hydrogen) atoms. The summed E-state index contributed by atoms with van der Waals surface area (Å²) in [5, 5.41) is 0. The fraction of sp³-hybridized carbons (Fsp3) is 0.900. The first-order valence-electron chi connectivity index (χ1n) is 20.1. The Kier molecular flexibility index (Phi) is 30.0. The molecule has 0 amide bonds. The van der Waals surface area contributed by atoms with Gasteiger partial charge in [0.15, 0.2) is 26.2 Å². The molecule has 0 spiro atoms. The number of carbonyl (C=O) groups is 4. The van der Waals surface area contributed by atoms with Crippen LogP contribution in [0.15, 0.2) is 0 Å². The zero-order valence-electron chi connectivity index (χ0n) is 34.1. The van der Waals surface area contributed by atoms with Crippen LogP contribution >= 0.6 is 0 Å². The Bertz CT molecular complexity index is 901. The van der Waals surface area contributed by atoms with Gasteiger partial charge in [-0.15, -0.1) is 0 Å². The van der Waals surface area contributed by atoms with E-state index in [0.717, 1.165) is 74.3 Å². The van der Waals surface area contributed by atoms with E-state index in [1.807, 2.05) is 55.4 Å². The fourth-order valence-electron chi connectivity index (χ4n) is 6.67. The molecule has 0 bridgehead atoms. The van der Waals surface area contributed by atoms with Crippen LogP contribution in [-0.4, -0.2) is 86.6 Å². The van der Waals surface area contributed by atoms with Crippen LogP contribution in [0.1, 0.15) is 171 Å². The van der Waals surface area contributed by atoms with Crippen molar-refractivity contribution in [3.63, 3.8) is 0 Å². The Morgan fingerprint density at radius 3 is 1.10 bits per heavy atom. The Morgan fingerprint density at radius 1 is 0.538 bits per heavy atom. The standard InChI is InChI=1S/2C20H37NO4.2ClH/c2*1-17(2)24-18(22)15-21-14-12-10-8-6-5-7-9-11-13-20(3,4)25-19(23)16-21;;/h2*17H,5-16H2,1-4H3;2*1H. The number of quaternary nitrogens is 2. The summed E-state index contributed by atoms with van der Waals surface area (Å²) in [6.45, 7) is 17.8. The highest BCUT2D eigenvalue weighted by Gasteiger charge is 2.28. The van der Waals surface area contributed by atoms with Gasteiger partial charge in [0, 0.05) is 0 Å². The van der Waals surface area contributed by atoms with Crippen LogP contribution in [0.5, 0.6) is 0 Å². The maximum Gasteiger partial charge on any atom is 0.362 e. The van der Waals surface area contributed by atoms with Gasteiger partial charge < -0.3 is 53.6 Å². The molecule has 2 rings (SSSR count). The van der Waals surface area contributed by atoms with Gasteiger partial charge in [-0.05, 0) is 107 Å². The largest absolute Gasteiger partial charge is 1.00 e. The fourth-order valence-corrected chi connectivity index (χ4v) is 6.67. The molecule has 0 aromatic carbocycles. The average Bonchev–Trinajstić information content (AvgIpc) is 2.97. The van der Waals surface area contributed by atoms with Gasteiger partial charge in [0.2, 0.25) is 0 Å². The van der Waals surface area contributed by atoms with Crippen molar-refractivity contribution in [3.8, 4) is 0 Å². The van der Waals surface area contributed by atoms with Gasteiger partial charge in [-0.2, -0.15) is 0 Å². The molecule has 308 valence electrons. The number of nitrogens with one attached hydrogen (secondary N) is 2. The van der Waals surface area contributed by atoms with E-state index < -0.39 is 11.2 Å². The number of halogens is 2. The van der Waals surface area contributed by atoms with E-state index in [1.54, 1.807) is 0 Å². The molecule has 12 heteroatoms. The van der Waals surface area contributed by atoms with Gasteiger partial charge in [0.1, 0.15) is 11.2 Å². The van der Waals surface area contributed by atoms with Crippen LogP contribution in [0, 0.1) is 0 Å². The van der Waals surface area contributed by atoms with Crippen molar-refractivity contribution in [1.82, 2.24) is 0 Å². The maximum atomic E-state index is 12.4. The lowest BCUT2D eigenvalue weighted by atomic mass is 9.99. The van der Waals surface area contributed by atoms with Gasteiger partial charge in [-0.1, -0.05) is 64.2 Å². The molecule has 2 aliphatic rings. The lowest BCUT2D eigenvalue weighted by molar-refractivity contribution is -0.885. The van der Waals surface area contributed by atoms with Gasteiger partial charge in [0.25, 0.3) is 0 Å². The topological polar surface area (TPSA) is 114 Å². The number of hydrogen-bond donors (Lipinski definition) is 2. The van der Waals surface area contributed by atoms with Crippen molar-refractivity contribution in [2.75, 3.05) is 39.3 Å². The zero-order chi connectivity index (χ0) is 37.4. The molecule has 2 aliphatic heterocycles. The molecule has 2 N–H and O–H groups in total. The third-order valence-corrected chi connectivity index (χ3v) is 9.21. The summed E-state index contributed by atoms with van der Waals surface area (Å²) in [6.07, 6.45) is 20.7. The summed E-state index contributed by atoms with van der Waals surface area (Å²) in [5.41, 5.74) is -0.859. The molecule has 2 atom stereocenters. The Balaban J connectivity index is 0. The molecule has 0 aromatic heterocycles. The maximum absolute atomic E-state index is 12.4. The number of cyclic esters (lactones) is 2. The molecule has 0 radical (unpaired) electrons. The van der Waals surface area contributed by atoms with Gasteiger partial charge in [-0.25, -0.2) is 19.2 Å². The van der Waals surface area contributed by atoms with E-state index in [4.69, 9.17) is 18.9 Å². The predicted octanol–water partition coefficient (Wildman–Crippen LogP) is -0.654. The van der Waals surface area contributed by atoms with Crippen molar-refractivity contribution < 1.29 is 72.7 Å². The average molecular weight is 784 g/mol. The molecule has 10 nitrogen and oxygen atoms in total. The zero-order valence-corrected chi connectivity index (χ0v) is 35.7. The summed E-state index contributed by atoms with van der Waals surface area (Å²) in [7, 11) is 0. The normalized spacial score (nSPS) is 23.1. The van der Waals surface area contributed by atoms with Gasteiger partial charge >= 0.3 is 23.9 Å². The molecular formula is C40H76Cl2N2O8. The molecular weight excluding hydrogens is 707 g/mol. The highest BCUT2D eigenvalue weighted by Crippen LogP contribution is 2.21. The van der Waals surface area contributed by atoms with Crippen LogP contribution in [0.4, 0.5) is 0 Å². The molecule has 2 fully saturated rings. The third kappa shape index (κ3) is 29.8. The summed E-state index contributed by atoms with van der Waals surface area (Å²) in [6, 6.07) is 0. The van der Waals surface area contributed by atoms with Crippen LogP contribution in [0.25, 0.3) is 0 Å². The van der Waals surface area contributed by atoms with Gasteiger partial charge in [-0.3, -0.25) is 0 Å².